The maximum Gasteiger partial charge on any atom is 0.263 e. The van der Waals surface area contributed by atoms with Crippen LogP contribution in [0.2, 0.25) is 0 Å². The third-order valence-corrected chi connectivity index (χ3v) is 6.18. The molecular formula is C14H15ClN2O2S2. The summed E-state index contributed by atoms with van der Waals surface area (Å²) < 4.78 is 27.2. The first kappa shape index (κ1) is 14.8. The molecule has 0 saturated heterocycles. The number of halogens is 1. The summed E-state index contributed by atoms with van der Waals surface area (Å²) in [6, 6.07) is 6.79. The number of benzene rings is 1. The normalized spacial score (nSPS) is 14.1. The first-order valence-electron chi connectivity index (χ1n) is 6.75. The Labute approximate surface area is 133 Å². The molecule has 0 fully saturated rings. The van der Waals surface area contributed by atoms with Crippen LogP contribution in [-0.4, -0.2) is 19.3 Å². The highest BCUT2D eigenvalue weighted by atomic mass is 35.5. The highest BCUT2D eigenvalue weighted by Gasteiger charge is 2.20. The number of hydrogen-bond donors (Lipinski definition) is 1. The van der Waals surface area contributed by atoms with Gasteiger partial charge in [-0.15, -0.1) is 22.9 Å². The van der Waals surface area contributed by atoms with Crippen LogP contribution in [0.1, 0.15) is 22.6 Å². The molecule has 0 bridgehead atoms. The Kier molecular flexibility index (Phi) is 4.19. The average Bonchev–Trinajstić information content (AvgIpc) is 3.00. The molecule has 4 nitrogen and oxygen atoms in total. The fourth-order valence-corrected chi connectivity index (χ4v) is 4.86. The smallest absolute Gasteiger partial charge is 0.255 e. The lowest BCUT2D eigenvalue weighted by Crippen LogP contribution is -2.12. The van der Waals surface area contributed by atoms with Crippen LogP contribution in [0.3, 0.4) is 0 Å². The molecule has 1 aromatic heterocycles. The molecule has 2 aromatic rings. The van der Waals surface area contributed by atoms with Gasteiger partial charge in [0.1, 0.15) is 0 Å². The molecule has 21 heavy (non-hydrogen) atoms. The standard InChI is InChI=1S/C14H15ClN2O2S2/c15-9-8-10-4-6-11(7-5-10)21(18,19)17-14-16-12-2-1-3-13(12)20-14/h4-7H,1-3,8-9H2,(H,16,17). The van der Waals surface area contributed by atoms with Gasteiger partial charge in [-0.1, -0.05) is 12.1 Å². The Morgan fingerprint density at radius 1 is 1.24 bits per heavy atom. The van der Waals surface area contributed by atoms with Crippen LogP contribution in [0, 0.1) is 0 Å². The molecule has 1 aliphatic rings. The van der Waals surface area contributed by atoms with Gasteiger partial charge in [0.05, 0.1) is 10.6 Å². The van der Waals surface area contributed by atoms with Gasteiger partial charge >= 0.3 is 0 Å². The Bertz CT molecular complexity index is 717. The predicted octanol–water partition coefficient (Wildman–Crippen LogP) is 3.21. The van der Waals surface area contributed by atoms with Gasteiger partial charge in [-0.2, -0.15) is 0 Å². The van der Waals surface area contributed by atoms with Crippen molar-refractivity contribution in [2.45, 2.75) is 30.6 Å². The quantitative estimate of drug-likeness (QED) is 0.849. The van der Waals surface area contributed by atoms with Crippen molar-refractivity contribution in [1.82, 2.24) is 4.98 Å². The lowest BCUT2D eigenvalue weighted by Gasteiger charge is -2.06. The van der Waals surface area contributed by atoms with E-state index in [1.807, 2.05) is 0 Å². The number of thiazole rings is 1. The summed E-state index contributed by atoms with van der Waals surface area (Å²) in [5, 5.41) is 0.463. The minimum atomic E-state index is -3.57. The fourth-order valence-electron chi connectivity index (χ4n) is 2.35. The molecule has 1 aliphatic carbocycles. The number of nitrogens with one attached hydrogen (secondary N) is 1. The second-order valence-corrected chi connectivity index (χ2v) is 8.07. The van der Waals surface area contributed by atoms with Gasteiger partial charge in [0.25, 0.3) is 10.0 Å². The molecule has 0 unspecified atom stereocenters. The van der Waals surface area contributed by atoms with E-state index in [2.05, 4.69) is 9.71 Å². The van der Waals surface area contributed by atoms with E-state index in [-0.39, 0.29) is 4.90 Å². The van der Waals surface area contributed by atoms with Crippen molar-refractivity contribution in [2.75, 3.05) is 10.6 Å². The summed E-state index contributed by atoms with van der Waals surface area (Å²) in [6.45, 7) is 0. The largest absolute Gasteiger partial charge is 0.263 e. The van der Waals surface area contributed by atoms with E-state index in [1.165, 1.54) is 16.2 Å². The van der Waals surface area contributed by atoms with Crippen LogP contribution in [0.5, 0.6) is 0 Å². The van der Waals surface area contributed by atoms with E-state index in [0.29, 0.717) is 11.0 Å². The molecule has 0 atom stereocenters. The topological polar surface area (TPSA) is 59.1 Å². The summed E-state index contributed by atoms with van der Waals surface area (Å²) >= 11 is 7.11. The number of aromatic nitrogens is 1. The number of hydrogen-bond acceptors (Lipinski definition) is 4. The highest BCUT2D eigenvalue weighted by molar-refractivity contribution is 7.93. The molecule has 0 spiro atoms. The van der Waals surface area contributed by atoms with Gasteiger partial charge in [-0.25, -0.2) is 13.4 Å². The summed E-state index contributed by atoms with van der Waals surface area (Å²) in [7, 11) is -3.57. The Morgan fingerprint density at radius 2 is 2.00 bits per heavy atom. The lowest BCUT2D eigenvalue weighted by molar-refractivity contribution is 0.601. The maximum absolute atomic E-state index is 12.3. The summed E-state index contributed by atoms with van der Waals surface area (Å²) in [5.74, 6) is 0.523. The molecule has 1 heterocycles. The van der Waals surface area contributed by atoms with E-state index >= 15 is 0 Å². The first-order valence-corrected chi connectivity index (χ1v) is 9.58. The number of anilines is 1. The predicted molar refractivity (Wildman–Crippen MR) is 85.8 cm³/mol. The van der Waals surface area contributed by atoms with Crippen LogP contribution in [0.15, 0.2) is 29.2 Å². The summed E-state index contributed by atoms with van der Waals surface area (Å²) in [6.07, 6.45) is 3.79. The molecule has 7 heteroatoms. The van der Waals surface area contributed by atoms with E-state index in [9.17, 15) is 8.42 Å². The van der Waals surface area contributed by atoms with Crippen LogP contribution < -0.4 is 4.72 Å². The molecule has 1 aromatic carbocycles. The van der Waals surface area contributed by atoms with Crippen molar-refractivity contribution >= 4 is 38.1 Å². The fraction of sp³-hybridized carbons (Fsp3) is 0.357. The zero-order valence-electron chi connectivity index (χ0n) is 11.3. The number of aryl methyl sites for hydroxylation is 3. The van der Waals surface area contributed by atoms with Gasteiger partial charge in [0.2, 0.25) is 0 Å². The number of sulfonamides is 1. The minimum Gasteiger partial charge on any atom is -0.255 e. The molecule has 0 radical (unpaired) electrons. The van der Waals surface area contributed by atoms with Gasteiger partial charge in [0, 0.05) is 10.8 Å². The average molecular weight is 343 g/mol. The summed E-state index contributed by atoms with van der Waals surface area (Å²) in [5.41, 5.74) is 2.06. The Hall–Kier alpha value is -1.11. The van der Waals surface area contributed by atoms with Gasteiger partial charge in [-0.3, -0.25) is 4.72 Å². The van der Waals surface area contributed by atoms with Gasteiger partial charge in [-0.05, 0) is 43.4 Å². The lowest BCUT2D eigenvalue weighted by atomic mass is 10.2. The molecule has 3 rings (SSSR count). The van der Waals surface area contributed by atoms with Crippen molar-refractivity contribution < 1.29 is 8.42 Å². The molecule has 1 N–H and O–H groups in total. The number of rotatable bonds is 5. The van der Waals surface area contributed by atoms with E-state index in [1.54, 1.807) is 24.3 Å². The van der Waals surface area contributed by atoms with E-state index in [4.69, 9.17) is 11.6 Å². The zero-order chi connectivity index (χ0) is 14.9. The maximum atomic E-state index is 12.3. The minimum absolute atomic E-state index is 0.246. The third kappa shape index (κ3) is 3.22. The van der Waals surface area contributed by atoms with Crippen LogP contribution in [0.25, 0.3) is 0 Å². The molecule has 112 valence electrons. The number of nitrogens with zero attached hydrogens (tertiary/aromatic N) is 1. The van der Waals surface area contributed by atoms with Crippen LogP contribution >= 0.6 is 22.9 Å². The first-order chi connectivity index (χ1) is 10.1. The van der Waals surface area contributed by atoms with Crippen molar-refractivity contribution in [2.24, 2.45) is 0 Å². The molecule has 0 amide bonds. The SMILES string of the molecule is O=S(=O)(Nc1nc2c(s1)CCC2)c1ccc(CCCl)cc1. The number of alkyl halides is 1. The van der Waals surface area contributed by atoms with Crippen LogP contribution in [-0.2, 0) is 29.3 Å². The van der Waals surface area contributed by atoms with E-state index in [0.717, 1.165) is 36.9 Å². The van der Waals surface area contributed by atoms with Crippen molar-refractivity contribution in [1.29, 1.82) is 0 Å². The van der Waals surface area contributed by atoms with Crippen molar-refractivity contribution in [3.05, 3.63) is 40.4 Å². The van der Waals surface area contributed by atoms with Gasteiger partial charge < -0.3 is 0 Å². The Balaban J connectivity index is 1.79. The zero-order valence-corrected chi connectivity index (χ0v) is 13.7. The highest BCUT2D eigenvalue weighted by Crippen LogP contribution is 2.31. The molecule has 0 aliphatic heterocycles. The number of fused-ring (bicyclic) bond motifs is 1. The van der Waals surface area contributed by atoms with Crippen LogP contribution in [0.4, 0.5) is 5.13 Å². The Morgan fingerprint density at radius 3 is 2.67 bits per heavy atom. The third-order valence-electron chi connectivity index (χ3n) is 3.43. The van der Waals surface area contributed by atoms with E-state index < -0.39 is 10.0 Å². The van der Waals surface area contributed by atoms with Gasteiger partial charge in [0.15, 0.2) is 5.13 Å². The van der Waals surface area contributed by atoms with Crippen molar-refractivity contribution in [3.8, 4) is 0 Å². The second-order valence-electron chi connectivity index (χ2n) is 4.93. The summed E-state index contributed by atoms with van der Waals surface area (Å²) in [4.78, 5) is 5.80. The monoisotopic (exact) mass is 342 g/mol. The second kappa shape index (κ2) is 5.94. The molecular weight excluding hydrogens is 328 g/mol. The van der Waals surface area contributed by atoms with Crippen molar-refractivity contribution in [3.63, 3.8) is 0 Å². The molecule has 0 saturated carbocycles.